The monoisotopic (exact) mass is 177 g/mol. The van der Waals surface area contributed by atoms with Crippen LogP contribution in [0.1, 0.15) is 6.92 Å². The van der Waals surface area contributed by atoms with Gasteiger partial charge in [0, 0.05) is 18.6 Å². The Morgan fingerprint density at radius 3 is 3.00 bits per heavy atom. The fourth-order valence-electron chi connectivity index (χ4n) is 0.996. The summed E-state index contributed by atoms with van der Waals surface area (Å²) in [5, 5.41) is 0. The lowest BCUT2D eigenvalue weighted by Crippen LogP contribution is -2.22. The summed E-state index contributed by atoms with van der Waals surface area (Å²) in [6.07, 6.45) is 5.86. The van der Waals surface area contributed by atoms with Crippen molar-refractivity contribution < 1.29 is 4.79 Å². The zero-order valence-corrected chi connectivity index (χ0v) is 7.47. The predicted molar refractivity (Wildman–Crippen MR) is 52.7 cm³/mol. The first-order chi connectivity index (χ1) is 6.29. The van der Waals surface area contributed by atoms with Gasteiger partial charge in [-0.3, -0.25) is 14.8 Å². The average Bonchev–Trinajstić information content (AvgIpc) is 2.20. The van der Waals surface area contributed by atoms with Crippen LogP contribution in [-0.4, -0.2) is 30.7 Å². The highest BCUT2D eigenvalue weighted by Crippen LogP contribution is 2.10. The predicted octanol–water partition coefficient (Wildman–Crippen LogP) is 0.975. The van der Waals surface area contributed by atoms with Crippen molar-refractivity contribution in [1.82, 2.24) is 4.90 Å². The van der Waals surface area contributed by atoms with Crippen LogP contribution in [0.4, 0.5) is 0 Å². The summed E-state index contributed by atoms with van der Waals surface area (Å²) in [5.41, 5.74) is 1.15. The van der Waals surface area contributed by atoms with Crippen LogP contribution in [-0.2, 0) is 4.79 Å². The summed E-state index contributed by atoms with van der Waals surface area (Å²) in [5.74, 6) is 0. The van der Waals surface area contributed by atoms with Gasteiger partial charge >= 0.3 is 0 Å². The lowest BCUT2D eigenvalue weighted by molar-refractivity contribution is -0.105. The molecule has 0 aromatic heterocycles. The number of aliphatic imine (C=N–C) groups is 2. The molecular formula is C9H11N3O. The van der Waals surface area contributed by atoms with Gasteiger partial charge in [-0.1, -0.05) is 0 Å². The molecule has 0 saturated carbocycles. The van der Waals surface area contributed by atoms with Crippen LogP contribution < -0.4 is 0 Å². The van der Waals surface area contributed by atoms with E-state index >= 15 is 0 Å². The summed E-state index contributed by atoms with van der Waals surface area (Å²) in [6.45, 7) is 5.71. The fourth-order valence-corrected chi connectivity index (χ4v) is 0.996. The summed E-state index contributed by atoms with van der Waals surface area (Å²) in [7, 11) is 0. The van der Waals surface area contributed by atoms with E-state index in [2.05, 4.69) is 16.7 Å². The molecule has 0 spiro atoms. The van der Waals surface area contributed by atoms with E-state index < -0.39 is 0 Å². The summed E-state index contributed by atoms with van der Waals surface area (Å²) >= 11 is 0. The van der Waals surface area contributed by atoms with Gasteiger partial charge in [-0.25, -0.2) is 0 Å². The number of allylic oxidation sites excluding steroid dienone is 2. The number of rotatable bonds is 3. The highest BCUT2D eigenvalue weighted by molar-refractivity contribution is 5.76. The molecule has 68 valence electrons. The van der Waals surface area contributed by atoms with E-state index in [-0.39, 0.29) is 0 Å². The molecule has 1 aliphatic rings. The fraction of sp³-hybridized carbons (Fsp3) is 0.222. The highest BCUT2D eigenvalue weighted by Gasteiger charge is 2.08. The van der Waals surface area contributed by atoms with Gasteiger partial charge in [0.15, 0.2) is 6.29 Å². The summed E-state index contributed by atoms with van der Waals surface area (Å²) in [4.78, 5) is 20.1. The average molecular weight is 177 g/mol. The Morgan fingerprint density at radius 2 is 2.54 bits per heavy atom. The van der Waals surface area contributed by atoms with E-state index in [1.165, 1.54) is 0 Å². The smallest absolute Gasteiger partial charge is 0.168 e. The molecule has 4 nitrogen and oxygen atoms in total. The van der Waals surface area contributed by atoms with Crippen LogP contribution in [0.15, 0.2) is 33.8 Å². The SMILES string of the molecule is C=N/C(C)=C(/C=O)N1C=CN=CC1. The van der Waals surface area contributed by atoms with Gasteiger partial charge in [0.1, 0.15) is 5.70 Å². The molecular weight excluding hydrogens is 166 g/mol. The van der Waals surface area contributed by atoms with Crippen LogP contribution in [0.3, 0.4) is 0 Å². The molecule has 13 heavy (non-hydrogen) atoms. The van der Waals surface area contributed by atoms with Crippen molar-refractivity contribution in [2.24, 2.45) is 9.98 Å². The lowest BCUT2D eigenvalue weighted by Gasteiger charge is -2.20. The zero-order chi connectivity index (χ0) is 9.68. The largest absolute Gasteiger partial charge is 0.337 e. The molecule has 0 saturated heterocycles. The maximum absolute atomic E-state index is 10.7. The van der Waals surface area contributed by atoms with Crippen LogP contribution in [0.2, 0.25) is 0 Å². The molecule has 0 aromatic carbocycles. The first-order valence-corrected chi connectivity index (χ1v) is 3.87. The van der Waals surface area contributed by atoms with Crippen molar-refractivity contribution in [3.05, 3.63) is 23.8 Å². The minimum absolute atomic E-state index is 0.525. The standard InChI is InChI=1S/C9H11N3O/c1-8(10-2)9(7-13)12-5-3-11-4-6-12/h3-5,7H,2,6H2,1H3/b9-8-. The Kier molecular flexibility index (Phi) is 3.14. The molecule has 0 N–H and O–H groups in total. The first-order valence-electron chi connectivity index (χ1n) is 3.87. The van der Waals surface area contributed by atoms with E-state index in [9.17, 15) is 4.79 Å². The van der Waals surface area contributed by atoms with Crippen molar-refractivity contribution >= 4 is 19.2 Å². The number of hydrogen-bond acceptors (Lipinski definition) is 4. The van der Waals surface area contributed by atoms with E-state index in [1.54, 1.807) is 30.4 Å². The Morgan fingerprint density at radius 1 is 1.77 bits per heavy atom. The Bertz CT molecular complexity index is 302. The molecule has 0 unspecified atom stereocenters. The molecule has 0 fully saturated rings. The van der Waals surface area contributed by atoms with Crippen molar-refractivity contribution in [2.75, 3.05) is 6.54 Å². The molecule has 0 aliphatic carbocycles. The van der Waals surface area contributed by atoms with Crippen LogP contribution in [0.5, 0.6) is 0 Å². The highest BCUT2D eigenvalue weighted by atomic mass is 16.1. The number of carbonyl (C=O) groups excluding carboxylic acids is 1. The third-order valence-corrected chi connectivity index (χ3v) is 1.75. The van der Waals surface area contributed by atoms with Crippen LogP contribution in [0.25, 0.3) is 0 Å². The van der Waals surface area contributed by atoms with Gasteiger partial charge < -0.3 is 4.90 Å². The quantitative estimate of drug-likeness (QED) is 0.366. The maximum atomic E-state index is 10.7. The maximum Gasteiger partial charge on any atom is 0.168 e. The Hall–Kier alpha value is -1.71. The van der Waals surface area contributed by atoms with E-state index in [0.717, 1.165) is 6.29 Å². The molecule has 0 bridgehead atoms. The van der Waals surface area contributed by atoms with Gasteiger partial charge in [0.2, 0.25) is 0 Å². The van der Waals surface area contributed by atoms with Gasteiger partial charge in [-0.15, -0.1) is 0 Å². The van der Waals surface area contributed by atoms with Crippen LogP contribution in [0, 0.1) is 0 Å². The molecule has 1 aliphatic heterocycles. The van der Waals surface area contributed by atoms with Gasteiger partial charge in [0.25, 0.3) is 0 Å². The third-order valence-electron chi connectivity index (χ3n) is 1.75. The molecule has 0 atom stereocenters. The minimum Gasteiger partial charge on any atom is -0.337 e. The number of carbonyl (C=O) groups is 1. The molecule has 1 heterocycles. The second-order valence-electron chi connectivity index (χ2n) is 2.53. The van der Waals surface area contributed by atoms with Gasteiger partial charge in [-0.05, 0) is 13.6 Å². The van der Waals surface area contributed by atoms with Gasteiger partial charge in [0.05, 0.1) is 12.2 Å². The van der Waals surface area contributed by atoms with E-state index in [0.29, 0.717) is 17.9 Å². The van der Waals surface area contributed by atoms with E-state index in [4.69, 9.17) is 0 Å². The molecule has 1 rings (SSSR count). The molecule has 0 amide bonds. The molecule has 4 heteroatoms. The van der Waals surface area contributed by atoms with Crippen molar-refractivity contribution in [1.29, 1.82) is 0 Å². The lowest BCUT2D eigenvalue weighted by atomic mass is 10.3. The Labute approximate surface area is 77.0 Å². The van der Waals surface area contributed by atoms with Crippen molar-refractivity contribution in [3.8, 4) is 0 Å². The van der Waals surface area contributed by atoms with Crippen molar-refractivity contribution in [3.63, 3.8) is 0 Å². The Balaban J connectivity index is 2.90. The molecule has 0 radical (unpaired) electrons. The third kappa shape index (κ3) is 2.11. The minimum atomic E-state index is 0.525. The number of hydrogen-bond donors (Lipinski definition) is 0. The number of aldehydes is 1. The number of nitrogens with zero attached hydrogens (tertiary/aromatic N) is 3. The summed E-state index contributed by atoms with van der Waals surface area (Å²) in [6, 6.07) is 0. The first kappa shape index (κ1) is 9.38. The zero-order valence-electron chi connectivity index (χ0n) is 7.47. The molecule has 0 aromatic rings. The van der Waals surface area contributed by atoms with Gasteiger partial charge in [-0.2, -0.15) is 0 Å². The normalized spacial score (nSPS) is 16.8. The topological polar surface area (TPSA) is 45.0 Å². The second-order valence-corrected chi connectivity index (χ2v) is 2.53. The summed E-state index contributed by atoms with van der Waals surface area (Å²) < 4.78 is 0. The van der Waals surface area contributed by atoms with Crippen LogP contribution >= 0.6 is 0 Å². The van der Waals surface area contributed by atoms with Crippen molar-refractivity contribution in [2.45, 2.75) is 6.92 Å². The second kappa shape index (κ2) is 4.35. The van der Waals surface area contributed by atoms with E-state index in [1.807, 2.05) is 0 Å².